The molecule has 1 rings (SSSR count). The molecule has 4 heteroatoms. The van der Waals surface area contributed by atoms with E-state index in [4.69, 9.17) is 15.6 Å². The smallest absolute Gasteiger partial charge is 0.110 e. The van der Waals surface area contributed by atoms with Crippen molar-refractivity contribution in [3.8, 4) is 0 Å². The molecule has 10 heavy (non-hydrogen) atoms. The fraction of sp³-hybridized carbons (Fsp3) is 1.00. The van der Waals surface area contributed by atoms with Crippen molar-refractivity contribution >= 4 is 0 Å². The Labute approximate surface area is 59.6 Å². The summed E-state index contributed by atoms with van der Waals surface area (Å²) in [5.74, 6) is 0. The van der Waals surface area contributed by atoms with Crippen molar-refractivity contribution in [2.45, 2.75) is 31.3 Å². The number of aliphatic hydroxyl groups excluding tert-OH is 2. The van der Waals surface area contributed by atoms with E-state index in [2.05, 4.69) is 0 Å². The summed E-state index contributed by atoms with van der Waals surface area (Å²) in [4.78, 5) is 0. The number of nitrogens with two attached hydrogens (primary N) is 1. The molecule has 1 unspecified atom stereocenters. The van der Waals surface area contributed by atoms with Crippen LogP contribution in [0.3, 0.4) is 0 Å². The summed E-state index contributed by atoms with van der Waals surface area (Å²) < 4.78 is 5.11. The van der Waals surface area contributed by atoms with Gasteiger partial charge in [0.05, 0.1) is 12.2 Å². The summed E-state index contributed by atoms with van der Waals surface area (Å²) in [5.41, 5.74) is 5.25. The van der Waals surface area contributed by atoms with Crippen molar-refractivity contribution in [3.63, 3.8) is 0 Å². The number of rotatable bonds is 1. The first kappa shape index (κ1) is 7.94. The molecule has 1 aliphatic heterocycles. The molecular weight excluding hydrogens is 134 g/mol. The average molecular weight is 147 g/mol. The lowest BCUT2D eigenvalue weighted by molar-refractivity contribution is 0.0223. The molecule has 1 aliphatic rings. The predicted octanol–water partition coefficient (Wildman–Crippen LogP) is -1.55. The van der Waals surface area contributed by atoms with E-state index >= 15 is 0 Å². The highest BCUT2D eigenvalue weighted by molar-refractivity contribution is 4.88. The molecule has 0 bridgehead atoms. The van der Waals surface area contributed by atoms with Gasteiger partial charge in [0.2, 0.25) is 0 Å². The molecule has 0 amide bonds. The van der Waals surface area contributed by atoms with Crippen LogP contribution in [0.2, 0.25) is 0 Å². The minimum atomic E-state index is -0.819. The van der Waals surface area contributed by atoms with Crippen LogP contribution in [0.5, 0.6) is 0 Å². The van der Waals surface area contributed by atoms with Crippen LogP contribution in [-0.4, -0.2) is 41.2 Å². The maximum Gasteiger partial charge on any atom is 0.110 e. The third-order valence-corrected chi connectivity index (χ3v) is 1.83. The van der Waals surface area contributed by atoms with Crippen LogP contribution in [0.25, 0.3) is 0 Å². The second kappa shape index (κ2) is 2.84. The minimum absolute atomic E-state index is 0.253. The Morgan fingerprint density at radius 1 is 1.40 bits per heavy atom. The van der Waals surface area contributed by atoms with E-state index in [0.29, 0.717) is 0 Å². The molecule has 4 atom stereocenters. The Balaban J connectivity index is 2.53. The summed E-state index contributed by atoms with van der Waals surface area (Å²) in [6, 6.07) is 0. The molecule has 0 aromatic heterocycles. The van der Waals surface area contributed by atoms with E-state index in [0.717, 1.165) is 0 Å². The van der Waals surface area contributed by atoms with Crippen LogP contribution >= 0.6 is 0 Å². The summed E-state index contributed by atoms with van der Waals surface area (Å²) in [6.45, 7) is 1.96. The summed E-state index contributed by atoms with van der Waals surface area (Å²) in [6.07, 6.45) is -2.30. The Morgan fingerprint density at radius 2 is 2.00 bits per heavy atom. The number of aliphatic hydroxyl groups is 2. The van der Waals surface area contributed by atoms with Crippen LogP contribution in [-0.2, 0) is 4.74 Å². The lowest BCUT2D eigenvalue weighted by atomic mass is 10.1. The fourth-order valence-corrected chi connectivity index (χ4v) is 1.13. The van der Waals surface area contributed by atoms with Gasteiger partial charge in [0.15, 0.2) is 0 Å². The Hall–Kier alpha value is -0.160. The van der Waals surface area contributed by atoms with Crippen LogP contribution in [0.1, 0.15) is 6.92 Å². The van der Waals surface area contributed by atoms with Gasteiger partial charge < -0.3 is 20.7 Å². The molecule has 1 fully saturated rings. The second-order valence-corrected chi connectivity index (χ2v) is 2.60. The first-order valence-electron chi connectivity index (χ1n) is 3.38. The van der Waals surface area contributed by atoms with Gasteiger partial charge in [0.25, 0.3) is 0 Å². The summed E-state index contributed by atoms with van der Waals surface area (Å²) in [7, 11) is 0. The number of hydrogen-bond donors (Lipinski definition) is 3. The maximum atomic E-state index is 9.17. The SMILES string of the molecule is CC1O[C@H](CN)[C@H](O)[C@@H]1O. The summed E-state index contributed by atoms with van der Waals surface area (Å²) >= 11 is 0. The van der Waals surface area contributed by atoms with E-state index < -0.39 is 18.3 Å². The van der Waals surface area contributed by atoms with Crippen molar-refractivity contribution in [1.82, 2.24) is 0 Å². The molecule has 0 spiro atoms. The van der Waals surface area contributed by atoms with E-state index in [1.165, 1.54) is 0 Å². The molecule has 1 saturated heterocycles. The molecule has 0 aliphatic carbocycles. The summed E-state index contributed by atoms with van der Waals surface area (Å²) in [5, 5.41) is 18.3. The van der Waals surface area contributed by atoms with Gasteiger partial charge in [-0.3, -0.25) is 0 Å². The molecule has 0 aromatic rings. The second-order valence-electron chi connectivity index (χ2n) is 2.60. The van der Waals surface area contributed by atoms with Crippen molar-refractivity contribution in [3.05, 3.63) is 0 Å². The Bertz CT molecular complexity index is 120. The van der Waals surface area contributed by atoms with Gasteiger partial charge in [-0.15, -0.1) is 0 Å². The fourth-order valence-electron chi connectivity index (χ4n) is 1.13. The first-order valence-corrected chi connectivity index (χ1v) is 3.38. The van der Waals surface area contributed by atoms with Crippen LogP contribution in [0.15, 0.2) is 0 Å². The maximum absolute atomic E-state index is 9.17. The van der Waals surface area contributed by atoms with Crippen LogP contribution < -0.4 is 5.73 Å². The van der Waals surface area contributed by atoms with Crippen molar-refractivity contribution in [1.29, 1.82) is 0 Å². The average Bonchev–Trinajstić information content (AvgIpc) is 2.17. The largest absolute Gasteiger partial charge is 0.388 e. The lowest BCUT2D eigenvalue weighted by Crippen LogP contribution is -2.35. The highest BCUT2D eigenvalue weighted by Crippen LogP contribution is 2.19. The molecule has 0 radical (unpaired) electrons. The van der Waals surface area contributed by atoms with E-state index in [-0.39, 0.29) is 12.6 Å². The normalized spacial score (nSPS) is 48.0. The van der Waals surface area contributed by atoms with E-state index in [1.54, 1.807) is 6.92 Å². The number of ether oxygens (including phenoxy) is 1. The van der Waals surface area contributed by atoms with Gasteiger partial charge in [-0.2, -0.15) is 0 Å². The van der Waals surface area contributed by atoms with Gasteiger partial charge in [-0.1, -0.05) is 0 Å². The Kier molecular flexibility index (Phi) is 2.25. The molecule has 4 N–H and O–H groups in total. The predicted molar refractivity (Wildman–Crippen MR) is 35.4 cm³/mol. The quantitative estimate of drug-likeness (QED) is 0.420. The van der Waals surface area contributed by atoms with E-state index in [9.17, 15) is 5.11 Å². The van der Waals surface area contributed by atoms with Crippen molar-refractivity contribution in [2.75, 3.05) is 6.54 Å². The molecule has 4 nitrogen and oxygen atoms in total. The lowest BCUT2D eigenvalue weighted by Gasteiger charge is -2.10. The van der Waals surface area contributed by atoms with Crippen molar-refractivity contribution < 1.29 is 14.9 Å². The van der Waals surface area contributed by atoms with Crippen LogP contribution in [0, 0.1) is 0 Å². The highest BCUT2D eigenvalue weighted by Gasteiger charge is 2.38. The van der Waals surface area contributed by atoms with Crippen LogP contribution in [0.4, 0.5) is 0 Å². The van der Waals surface area contributed by atoms with Gasteiger partial charge in [-0.25, -0.2) is 0 Å². The zero-order chi connectivity index (χ0) is 7.72. The molecular formula is C6H13NO3. The van der Waals surface area contributed by atoms with Gasteiger partial charge >= 0.3 is 0 Å². The van der Waals surface area contributed by atoms with Gasteiger partial charge in [0, 0.05) is 6.54 Å². The third-order valence-electron chi connectivity index (χ3n) is 1.83. The minimum Gasteiger partial charge on any atom is -0.388 e. The molecule has 0 saturated carbocycles. The molecule has 60 valence electrons. The van der Waals surface area contributed by atoms with Gasteiger partial charge in [0.1, 0.15) is 12.2 Å². The zero-order valence-electron chi connectivity index (χ0n) is 5.90. The first-order chi connectivity index (χ1) is 4.66. The molecule has 1 heterocycles. The monoisotopic (exact) mass is 147 g/mol. The highest BCUT2D eigenvalue weighted by atomic mass is 16.5. The molecule has 0 aromatic carbocycles. The topological polar surface area (TPSA) is 75.7 Å². The van der Waals surface area contributed by atoms with Crippen molar-refractivity contribution in [2.24, 2.45) is 5.73 Å². The Morgan fingerprint density at radius 3 is 2.20 bits per heavy atom. The standard InChI is InChI=1S/C6H13NO3/c1-3-5(8)6(9)4(2-7)10-3/h3-6,8-9H,2,7H2,1H3/t3?,4-,5-,6+/m1/s1. The zero-order valence-corrected chi connectivity index (χ0v) is 5.90. The third kappa shape index (κ3) is 1.15. The number of hydrogen-bond acceptors (Lipinski definition) is 4. The van der Waals surface area contributed by atoms with Gasteiger partial charge in [-0.05, 0) is 6.92 Å². The van der Waals surface area contributed by atoms with E-state index in [1.807, 2.05) is 0 Å².